The number of alkyl halides is 2. The molecule has 1 amide bonds. The fourth-order valence-corrected chi connectivity index (χ4v) is 7.93. The van der Waals surface area contributed by atoms with E-state index >= 15 is 0 Å². The topological polar surface area (TPSA) is 159 Å². The highest BCUT2D eigenvalue weighted by atomic mass is 35.5. The maximum Gasteiger partial charge on any atom is 0.335 e. The number of hydrogen-bond acceptors (Lipinski definition) is 11. The first-order valence-corrected chi connectivity index (χ1v) is 22.4. The molecular weight excluding hydrogens is 863 g/mol. The van der Waals surface area contributed by atoms with Crippen LogP contribution in [-0.2, 0) is 0 Å². The number of methoxy groups -OCH3 is 2. The first kappa shape index (κ1) is 49.5. The normalized spacial score (nSPS) is 16.5. The summed E-state index contributed by atoms with van der Waals surface area (Å²) in [6, 6.07) is 24.7. The highest BCUT2D eigenvalue weighted by Gasteiger charge is 2.44. The van der Waals surface area contributed by atoms with Crippen LogP contribution >= 0.6 is 23.2 Å². The lowest BCUT2D eigenvalue weighted by atomic mass is 9.82. The minimum absolute atomic E-state index is 0.0158. The molecule has 0 atom stereocenters. The molecule has 64 heavy (non-hydrogen) atoms. The van der Waals surface area contributed by atoms with E-state index in [1.54, 1.807) is 31.4 Å². The molecule has 4 heterocycles. The van der Waals surface area contributed by atoms with Gasteiger partial charge in [0.15, 0.2) is 34.6 Å². The van der Waals surface area contributed by atoms with Crippen molar-refractivity contribution in [1.82, 2.24) is 10.2 Å². The van der Waals surface area contributed by atoms with Crippen molar-refractivity contribution in [2.75, 3.05) is 45.7 Å². The molecular formula is C49H58Cl2N2O11. The Morgan fingerprint density at radius 2 is 1.09 bits per heavy atom. The van der Waals surface area contributed by atoms with E-state index in [1.807, 2.05) is 81.1 Å². The Balaban J connectivity index is 0.000000191. The lowest BCUT2D eigenvalue weighted by Crippen LogP contribution is -2.52. The van der Waals surface area contributed by atoms with Gasteiger partial charge < -0.3 is 43.7 Å². The van der Waals surface area contributed by atoms with Crippen LogP contribution in [0.15, 0.2) is 84.9 Å². The number of benzene rings is 4. The van der Waals surface area contributed by atoms with Crippen LogP contribution in [-0.4, -0.2) is 103 Å². The first-order valence-electron chi connectivity index (χ1n) is 21.3. The summed E-state index contributed by atoms with van der Waals surface area (Å²) in [7, 11) is 3.05. The number of hydrogen-bond donors (Lipinski definition) is 2. The fraction of sp³-hybridized carbons (Fsp3) is 0.429. The number of likely N-dealkylation sites (tertiary alicyclic amines) is 1. The van der Waals surface area contributed by atoms with Crippen LogP contribution in [0.25, 0.3) is 0 Å². The summed E-state index contributed by atoms with van der Waals surface area (Å²) in [5, 5.41) is 12.3. The third-order valence-electron chi connectivity index (χ3n) is 11.0. The molecule has 344 valence electrons. The zero-order valence-corrected chi connectivity index (χ0v) is 38.8. The lowest BCUT2D eigenvalue weighted by Gasteiger charge is -2.44. The van der Waals surface area contributed by atoms with Crippen molar-refractivity contribution in [1.29, 1.82) is 0 Å². The van der Waals surface area contributed by atoms with Gasteiger partial charge in [0, 0.05) is 44.3 Å². The third-order valence-corrected chi connectivity index (χ3v) is 11.0. The van der Waals surface area contributed by atoms with Gasteiger partial charge in [0.2, 0.25) is 0 Å². The molecule has 0 unspecified atom stereocenters. The van der Waals surface area contributed by atoms with Gasteiger partial charge in [-0.25, -0.2) is 4.79 Å². The van der Waals surface area contributed by atoms with Gasteiger partial charge in [0.05, 0.1) is 61.3 Å². The molecule has 0 aliphatic carbocycles. The number of rotatable bonds is 8. The van der Waals surface area contributed by atoms with Crippen LogP contribution in [0.2, 0.25) is 0 Å². The number of carbonyl (C=O) groups excluding carboxylic acids is 3. The Kier molecular flexibility index (Phi) is 17.7. The van der Waals surface area contributed by atoms with Gasteiger partial charge >= 0.3 is 5.97 Å². The van der Waals surface area contributed by atoms with Crippen LogP contribution in [0.5, 0.6) is 34.5 Å². The second-order valence-electron chi connectivity index (χ2n) is 16.3. The number of Topliss-reactive ketones (excluding diaryl/α,β-unsaturated/α-hetero) is 2. The van der Waals surface area contributed by atoms with Crippen LogP contribution in [0.4, 0.5) is 0 Å². The van der Waals surface area contributed by atoms with E-state index in [2.05, 4.69) is 5.32 Å². The second kappa shape index (κ2) is 22.9. The average molecular weight is 922 g/mol. The number of nitrogens with zero attached hydrogens (tertiary/aromatic N) is 1. The molecule has 13 nitrogen and oxygen atoms in total. The predicted molar refractivity (Wildman–Crippen MR) is 246 cm³/mol. The summed E-state index contributed by atoms with van der Waals surface area (Å²) in [5.74, 6) is 2.87. The van der Waals surface area contributed by atoms with Gasteiger partial charge in [-0.15, -0.1) is 23.2 Å². The minimum atomic E-state index is -0.982. The molecule has 4 aliphatic heterocycles. The number of halogens is 2. The molecule has 0 aromatic heterocycles. The molecule has 2 saturated heterocycles. The Morgan fingerprint density at radius 1 is 0.672 bits per heavy atom. The summed E-state index contributed by atoms with van der Waals surface area (Å²) in [4.78, 5) is 50.2. The first-order chi connectivity index (χ1) is 30.7. The molecule has 4 aromatic carbocycles. The van der Waals surface area contributed by atoms with Crippen molar-refractivity contribution in [2.45, 2.75) is 89.6 Å². The molecule has 0 radical (unpaired) electrons. The summed E-state index contributed by atoms with van der Waals surface area (Å²) >= 11 is 9.53. The van der Waals surface area contributed by atoms with E-state index in [0.29, 0.717) is 78.6 Å². The van der Waals surface area contributed by atoms with E-state index in [9.17, 15) is 19.2 Å². The molecule has 2 N–H and O–H groups in total. The van der Waals surface area contributed by atoms with E-state index < -0.39 is 11.6 Å². The maximum atomic E-state index is 13.1. The van der Waals surface area contributed by atoms with Crippen molar-refractivity contribution in [3.05, 3.63) is 107 Å². The highest BCUT2D eigenvalue weighted by molar-refractivity contribution is 6.40. The van der Waals surface area contributed by atoms with E-state index in [-0.39, 0.29) is 46.2 Å². The number of nitrogens with one attached hydrogen (secondary N) is 1. The van der Waals surface area contributed by atoms with Crippen LogP contribution in [0.1, 0.15) is 108 Å². The number of ketones is 2. The summed E-state index contributed by atoms with van der Waals surface area (Å²) < 4.78 is 34.0. The Bertz CT molecular complexity index is 2230. The molecule has 4 aromatic rings. The average Bonchev–Trinajstić information content (AvgIpc) is 3.27. The molecule has 15 heteroatoms. The van der Waals surface area contributed by atoms with E-state index in [1.165, 1.54) is 19.2 Å². The summed E-state index contributed by atoms with van der Waals surface area (Å²) in [5.41, 5.74) is 1.38. The number of carbonyl (C=O) groups is 4. The van der Waals surface area contributed by atoms with Crippen molar-refractivity contribution in [3.8, 4) is 34.5 Å². The number of aromatic carboxylic acids is 1. The number of carboxylic acids is 1. The Hall–Kier alpha value is -5.50. The van der Waals surface area contributed by atoms with Crippen LogP contribution in [0, 0.1) is 0 Å². The highest BCUT2D eigenvalue weighted by Crippen LogP contribution is 2.40. The number of ether oxygens (including phenoxy) is 6. The molecule has 0 saturated carbocycles. The fourth-order valence-electron chi connectivity index (χ4n) is 7.93. The number of piperidine rings is 2. The number of amides is 1. The second-order valence-corrected chi connectivity index (χ2v) is 17.1. The van der Waals surface area contributed by atoms with Gasteiger partial charge in [-0.2, -0.15) is 0 Å². The van der Waals surface area contributed by atoms with Crippen LogP contribution < -0.4 is 33.7 Å². The quantitative estimate of drug-likeness (QED) is 0.162. The molecule has 8 rings (SSSR count). The van der Waals surface area contributed by atoms with Crippen molar-refractivity contribution < 1.29 is 52.7 Å². The molecule has 2 spiro atoms. The Labute approximate surface area is 385 Å². The predicted octanol–water partition coefficient (Wildman–Crippen LogP) is 9.50. The van der Waals surface area contributed by atoms with E-state index in [0.717, 1.165) is 37.2 Å². The van der Waals surface area contributed by atoms with Gasteiger partial charge in [0.25, 0.3) is 5.91 Å². The lowest BCUT2D eigenvalue weighted by molar-refractivity contribution is -0.00577. The van der Waals surface area contributed by atoms with Gasteiger partial charge in [-0.3, -0.25) is 14.4 Å². The van der Waals surface area contributed by atoms with Crippen molar-refractivity contribution in [3.63, 3.8) is 0 Å². The van der Waals surface area contributed by atoms with Crippen molar-refractivity contribution in [2.24, 2.45) is 0 Å². The molecule has 0 bridgehead atoms. The zero-order chi connectivity index (χ0) is 46.4. The summed E-state index contributed by atoms with van der Waals surface area (Å²) in [6.07, 6.45) is 4.04. The van der Waals surface area contributed by atoms with Crippen LogP contribution in [0.3, 0.4) is 0 Å². The SMILES string of the molecule is COc1cc(C(=O)N2CCC3(CC2)CC(=O)c2ccccc2O3)ccc1OC(C)C.COc1cc(C(=O)O)ccc1OC(C)C.ClCCl.O=C1CC2(CCNCC2)Oc2ccccc21. The monoisotopic (exact) mass is 920 g/mol. The van der Waals surface area contributed by atoms with Gasteiger partial charge in [-0.1, -0.05) is 24.3 Å². The van der Waals surface area contributed by atoms with E-state index in [4.69, 9.17) is 56.7 Å². The zero-order valence-electron chi connectivity index (χ0n) is 37.2. The van der Waals surface area contributed by atoms with Gasteiger partial charge in [-0.05, 0) is 101 Å². The molecule has 4 aliphatic rings. The standard InChI is InChI=1S/C24H27NO5.C13H15NO2.C11H14O4.CH2Cl2/c1-16(2)29-21-9-8-17(14-22(21)28-3)23(27)25-12-10-24(11-13-25)15-19(26)18-6-4-5-7-20(18)30-24;15-11-9-13(5-7-14-8-6-13)16-12-4-2-1-3-10(11)12;1-7(2)15-9-5-4-8(11(12)13)6-10(9)14-3;2-1-3/h4-9,14,16H,10-13,15H2,1-3H3;1-4,14H,5-9H2;4-7H,1-3H3,(H,12,13);1H2. The minimum Gasteiger partial charge on any atom is -0.493 e. The number of carboxylic acid groups (broad SMARTS) is 1. The van der Waals surface area contributed by atoms with Crippen molar-refractivity contribution >= 4 is 46.6 Å². The number of fused-ring (bicyclic) bond motifs is 2. The van der Waals surface area contributed by atoms with Gasteiger partial charge in [0.1, 0.15) is 22.7 Å². The smallest absolute Gasteiger partial charge is 0.335 e. The molecule has 2 fully saturated rings. The largest absolute Gasteiger partial charge is 0.493 e. The summed E-state index contributed by atoms with van der Waals surface area (Å²) in [6.45, 7) is 10.6. The maximum absolute atomic E-state index is 13.1. The third kappa shape index (κ3) is 12.8. The Morgan fingerprint density at radius 3 is 1.53 bits per heavy atom. The number of para-hydroxylation sites is 2.